The predicted molar refractivity (Wildman–Crippen MR) is 81.1 cm³/mol. The van der Waals surface area contributed by atoms with Crippen LogP contribution in [0.25, 0.3) is 0 Å². The number of nitrogen functional groups attached to an aromatic ring is 1. The van der Waals surface area contributed by atoms with Crippen LogP contribution >= 0.6 is 34.5 Å². The molecule has 102 valence electrons. The number of pyridine rings is 1. The second kappa shape index (κ2) is 6.38. The first-order valence-corrected chi connectivity index (χ1v) is 7.21. The van der Waals surface area contributed by atoms with Crippen LogP contribution in [0.1, 0.15) is 10.7 Å². The average molecular weight is 318 g/mol. The highest BCUT2D eigenvalue weighted by molar-refractivity contribution is 7.09. The summed E-state index contributed by atoms with van der Waals surface area (Å²) < 4.78 is 0. The lowest BCUT2D eigenvalue weighted by Crippen LogP contribution is -2.12. The lowest BCUT2D eigenvalue weighted by Gasteiger charge is -2.10. The Labute approximate surface area is 125 Å². The zero-order valence-corrected chi connectivity index (χ0v) is 12.5. The fourth-order valence-corrected chi connectivity index (χ4v) is 2.65. The lowest BCUT2D eigenvalue weighted by atomic mass is 10.3. The van der Waals surface area contributed by atoms with Crippen LogP contribution in [0.15, 0.2) is 11.4 Å². The minimum Gasteiger partial charge on any atom is -0.368 e. The molecule has 0 saturated carbocycles. The summed E-state index contributed by atoms with van der Waals surface area (Å²) in [7, 11) is 0. The maximum Gasteiger partial charge on any atom is 0.161 e. The van der Waals surface area contributed by atoms with Crippen molar-refractivity contribution in [1.29, 1.82) is 0 Å². The van der Waals surface area contributed by atoms with E-state index >= 15 is 0 Å². The van der Waals surface area contributed by atoms with Crippen molar-refractivity contribution in [3.8, 4) is 0 Å². The fourth-order valence-electron chi connectivity index (χ4n) is 1.52. The van der Waals surface area contributed by atoms with Crippen LogP contribution in [0.4, 0.5) is 11.6 Å². The molecule has 0 amide bonds. The number of nitrogens with two attached hydrogens (primary N) is 1. The van der Waals surface area contributed by atoms with Gasteiger partial charge < -0.3 is 10.7 Å². The first kappa shape index (κ1) is 14.3. The number of halogens is 2. The van der Waals surface area contributed by atoms with E-state index in [2.05, 4.69) is 20.7 Å². The Bertz CT molecular complexity index is 572. The standard InChI is InChI=1S/C11H13Cl2N5S/c1-6-16-7(5-19-6)2-3-15-10-8(12)4-9(13)11(17-10)18-14/h4-5H,2-3,14H2,1H3,(H2,15,17,18). The molecule has 0 unspecified atom stereocenters. The number of thiazole rings is 1. The summed E-state index contributed by atoms with van der Waals surface area (Å²) in [6.45, 7) is 2.67. The van der Waals surface area contributed by atoms with Gasteiger partial charge in [0.1, 0.15) is 5.82 Å². The molecule has 8 heteroatoms. The zero-order valence-electron chi connectivity index (χ0n) is 10.2. The van der Waals surface area contributed by atoms with E-state index in [9.17, 15) is 0 Å². The molecule has 0 aliphatic carbocycles. The van der Waals surface area contributed by atoms with Crippen molar-refractivity contribution < 1.29 is 0 Å². The maximum absolute atomic E-state index is 6.05. The van der Waals surface area contributed by atoms with E-state index in [-0.39, 0.29) is 0 Å². The fraction of sp³-hybridized carbons (Fsp3) is 0.273. The van der Waals surface area contributed by atoms with Gasteiger partial charge in [-0.3, -0.25) is 0 Å². The molecule has 0 aliphatic heterocycles. The van der Waals surface area contributed by atoms with Crippen LogP contribution in [0.3, 0.4) is 0 Å². The Balaban J connectivity index is 1.99. The average Bonchev–Trinajstić information content (AvgIpc) is 2.78. The largest absolute Gasteiger partial charge is 0.368 e. The summed E-state index contributed by atoms with van der Waals surface area (Å²) in [5, 5.41) is 7.08. The summed E-state index contributed by atoms with van der Waals surface area (Å²) in [5.74, 6) is 6.25. The minimum absolute atomic E-state index is 0.383. The topological polar surface area (TPSA) is 75.9 Å². The van der Waals surface area contributed by atoms with Gasteiger partial charge in [-0.05, 0) is 13.0 Å². The third-order valence-corrected chi connectivity index (χ3v) is 3.80. The van der Waals surface area contributed by atoms with E-state index in [0.717, 1.165) is 17.1 Å². The molecule has 2 rings (SSSR count). The monoisotopic (exact) mass is 317 g/mol. The van der Waals surface area contributed by atoms with Crippen LogP contribution in [0.5, 0.6) is 0 Å². The zero-order chi connectivity index (χ0) is 13.8. The maximum atomic E-state index is 6.05. The molecule has 2 aromatic heterocycles. The minimum atomic E-state index is 0.383. The number of aromatic nitrogens is 2. The van der Waals surface area contributed by atoms with Crippen molar-refractivity contribution in [3.05, 3.63) is 32.2 Å². The molecule has 0 aliphatic rings. The lowest BCUT2D eigenvalue weighted by molar-refractivity contribution is 0.960. The first-order valence-electron chi connectivity index (χ1n) is 5.57. The molecule has 5 nitrogen and oxygen atoms in total. The number of anilines is 2. The molecule has 0 spiro atoms. The Hall–Kier alpha value is -1.08. The van der Waals surface area contributed by atoms with Gasteiger partial charge in [0.25, 0.3) is 0 Å². The summed E-state index contributed by atoms with van der Waals surface area (Å²) in [6.07, 6.45) is 0.802. The highest BCUT2D eigenvalue weighted by Crippen LogP contribution is 2.28. The number of nitrogens with zero attached hydrogens (tertiary/aromatic N) is 2. The molecule has 19 heavy (non-hydrogen) atoms. The molecule has 0 radical (unpaired) electrons. The van der Waals surface area contributed by atoms with Crippen LogP contribution in [-0.2, 0) is 6.42 Å². The van der Waals surface area contributed by atoms with Gasteiger partial charge in [0.2, 0.25) is 0 Å². The van der Waals surface area contributed by atoms with Crippen molar-refractivity contribution in [1.82, 2.24) is 9.97 Å². The van der Waals surface area contributed by atoms with Crippen LogP contribution < -0.4 is 16.6 Å². The normalized spacial score (nSPS) is 10.5. The van der Waals surface area contributed by atoms with E-state index < -0.39 is 0 Å². The van der Waals surface area contributed by atoms with Gasteiger partial charge in [-0.25, -0.2) is 15.8 Å². The molecule has 2 aromatic rings. The number of hydrogen-bond donors (Lipinski definition) is 3. The van der Waals surface area contributed by atoms with Crippen LogP contribution in [-0.4, -0.2) is 16.5 Å². The Kier molecular flexibility index (Phi) is 4.81. The molecule has 4 N–H and O–H groups in total. The second-order valence-corrected chi connectivity index (χ2v) is 5.70. The highest BCUT2D eigenvalue weighted by Gasteiger charge is 2.08. The van der Waals surface area contributed by atoms with E-state index in [0.29, 0.717) is 28.2 Å². The highest BCUT2D eigenvalue weighted by atomic mass is 35.5. The van der Waals surface area contributed by atoms with E-state index in [4.69, 9.17) is 29.0 Å². The second-order valence-electron chi connectivity index (χ2n) is 3.83. The molecule has 0 fully saturated rings. The molecule has 0 aromatic carbocycles. The van der Waals surface area contributed by atoms with E-state index in [1.54, 1.807) is 17.4 Å². The summed E-state index contributed by atoms with van der Waals surface area (Å²) in [5.41, 5.74) is 3.47. The number of rotatable bonds is 5. The van der Waals surface area contributed by atoms with Gasteiger partial charge >= 0.3 is 0 Å². The van der Waals surface area contributed by atoms with Gasteiger partial charge in [-0.15, -0.1) is 11.3 Å². The summed E-state index contributed by atoms with van der Waals surface area (Å²) >= 11 is 13.6. The molecular weight excluding hydrogens is 305 g/mol. The Morgan fingerprint density at radius 3 is 2.63 bits per heavy atom. The van der Waals surface area contributed by atoms with Gasteiger partial charge in [0, 0.05) is 18.3 Å². The summed E-state index contributed by atoms with van der Waals surface area (Å²) in [4.78, 5) is 8.58. The predicted octanol–water partition coefficient (Wildman–Crippen LogP) is 3.09. The van der Waals surface area contributed by atoms with Gasteiger partial charge in [0.15, 0.2) is 5.82 Å². The third kappa shape index (κ3) is 3.70. The van der Waals surface area contributed by atoms with Crippen molar-refractivity contribution >= 4 is 46.2 Å². The first-order chi connectivity index (χ1) is 9.10. The number of aryl methyl sites for hydroxylation is 1. The van der Waals surface area contributed by atoms with Crippen molar-refractivity contribution in [2.45, 2.75) is 13.3 Å². The van der Waals surface area contributed by atoms with Crippen molar-refractivity contribution in [2.75, 3.05) is 17.3 Å². The Morgan fingerprint density at radius 2 is 2.00 bits per heavy atom. The Morgan fingerprint density at radius 1 is 1.26 bits per heavy atom. The summed E-state index contributed by atoms with van der Waals surface area (Å²) in [6, 6.07) is 1.60. The van der Waals surface area contributed by atoms with Gasteiger partial charge in [-0.2, -0.15) is 0 Å². The van der Waals surface area contributed by atoms with Gasteiger partial charge in [-0.1, -0.05) is 23.2 Å². The van der Waals surface area contributed by atoms with Crippen LogP contribution in [0, 0.1) is 6.92 Å². The number of nitrogens with one attached hydrogen (secondary N) is 2. The van der Waals surface area contributed by atoms with E-state index in [1.165, 1.54) is 0 Å². The molecular formula is C11H13Cl2N5S. The molecule has 0 atom stereocenters. The quantitative estimate of drug-likeness (QED) is 0.583. The number of hydrogen-bond acceptors (Lipinski definition) is 6. The van der Waals surface area contributed by atoms with Crippen LogP contribution in [0.2, 0.25) is 10.0 Å². The SMILES string of the molecule is Cc1nc(CCNc2nc(NN)c(Cl)cc2Cl)cs1. The smallest absolute Gasteiger partial charge is 0.161 e. The number of hydrazine groups is 1. The van der Waals surface area contributed by atoms with E-state index in [1.807, 2.05) is 12.3 Å². The third-order valence-electron chi connectivity index (χ3n) is 2.41. The van der Waals surface area contributed by atoms with Crippen molar-refractivity contribution in [2.24, 2.45) is 5.84 Å². The molecule has 0 bridgehead atoms. The molecule has 0 saturated heterocycles. The van der Waals surface area contributed by atoms with Gasteiger partial charge in [0.05, 0.1) is 20.7 Å². The van der Waals surface area contributed by atoms with Crippen molar-refractivity contribution in [3.63, 3.8) is 0 Å². The molecule has 2 heterocycles.